The first-order valence-corrected chi connectivity index (χ1v) is 5.21. The highest BCUT2D eigenvalue weighted by atomic mass is 16.6. The van der Waals surface area contributed by atoms with Crippen molar-refractivity contribution in [2.45, 2.75) is 26.4 Å². The molecule has 1 unspecified atom stereocenters. The van der Waals surface area contributed by atoms with E-state index in [0.29, 0.717) is 11.4 Å². The quantitative estimate of drug-likeness (QED) is 0.624. The molecule has 0 bridgehead atoms. The van der Waals surface area contributed by atoms with Gasteiger partial charge in [0.2, 0.25) is 0 Å². The van der Waals surface area contributed by atoms with Crippen LogP contribution in [0.15, 0.2) is 18.2 Å². The van der Waals surface area contributed by atoms with E-state index in [1.807, 2.05) is 19.1 Å². The number of aryl methyl sites for hydroxylation is 1. The van der Waals surface area contributed by atoms with E-state index in [1.54, 1.807) is 13.0 Å². The Hall–Kier alpha value is -1.71. The van der Waals surface area contributed by atoms with Gasteiger partial charge in [0.1, 0.15) is 5.75 Å². The summed E-state index contributed by atoms with van der Waals surface area (Å²) in [6, 6.07) is 5.54. The molecule has 0 heterocycles. The monoisotopic (exact) mass is 223 g/mol. The van der Waals surface area contributed by atoms with E-state index in [1.165, 1.54) is 7.11 Å². The summed E-state index contributed by atoms with van der Waals surface area (Å²) in [5.74, 6) is 0.0917. The van der Waals surface area contributed by atoms with Crippen LogP contribution < -0.4 is 10.5 Å². The molecule has 0 aliphatic heterocycles. The zero-order valence-electron chi connectivity index (χ0n) is 9.82. The molecule has 0 aliphatic carbocycles. The van der Waals surface area contributed by atoms with Gasteiger partial charge in [-0.05, 0) is 31.0 Å². The molecule has 0 spiro atoms. The molecule has 0 radical (unpaired) electrons. The zero-order valence-corrected chi connectivity index (χ0v) is 9.82. The van der Waals surface area contributed by atoms with Crippen molar-refractivity contribution in [1.29, 1.82) is 0 Å². The number of carbonyl (C=O) groups is 1. The van der Waals surface area contributed by atoms with E-state index >= 15 is 0 Å². The third-order valence-corrected chi connectivity index (χ3v) is 2.32. The summed E-state index contributed by atoms with van der Waals surface area (Å²) in [6.07, 6.45) is 0.261. The summed E-state index contributed by atoms with van der Waals surface area (Å²) in [5.41, 5.74) is 7.48. The van der Waals surface area contributed by atoms with E-state index < -0.39 is 12.1 Å². The van der Waals surface area contributed by atoms with E-state index in [4.69, 9.17) is 10.5 Å². The van der Waals surface area contributed by atoms with Gasteiger partial charge < -0.3 is 15.2 Å². The Morgan fingerprint density at radius 3 is 2.69 bits per heavy atom. The van der Waals surface area contributed by atoms with E-state index in [0.717, 1.165) is 12.0 Å². The first-order chi connectivity index (χ1) is 7.58. The number of hydrogen-bond donors (Lipinski definition) is 1. The second kappa shape index (κ2) is 5.39. The Bertz CT molecular complexity index is 377. The molecule has 88 valence electrons. The lowest BCUT2D eigenvalue weighted by Gasteiger charge is -2.14. The van der Waals surface area contributed by atoms with Gasteiger partial charge in [-0.3, -0.25) is 0 Å². The predicted octanol–water partition coefficient (Wildman–Crippen LogP) is 1.77. The van der Waals surface area contributed by atoms with Gasteiger partial charge in [-0.25, -0.2) is 4.79 Å². The number of benzene rings is 1. The average Bonchev–Trinajstić information content (AvgIpc) is 2.30. The maximum Gasteiger partial charge on any atom is 0.346 e. The van der Waals surface area contributed by atoms with E-state index in [2.05, 4.69) is 4.74 Å². The average molecular weight is 223 g/mol. The van der Waals surface area contributed by atoms with Crippen LogP contribution in [0.1, 0.15) is 19.4 Å². The summed E-state index contributed by atoms with van der Waals surface area (Å²) >= 11 is 0. The first-order valence-electron chi connectivity index (χ1n) is 5.21. The minimum atomic E-state index is -0.653. The first kappa shape index (κ1) is 12.4. The van der Waals surface area contributed by atoms with Crippen molar-refractivity contribution < 1.29 is 14.3 Å². The van der Waals surface area contributed by atoms with Crippen molar-refractivity contribution in [3.05, 3.63) is 23.8 Å². The topological polar surface area (TPSA) is 61.5 Å². The highest BCUT2D eigenvalue weighted by Crippen LogP contribution is 2.24. The van der Waals surface area contributed by atoms with Crippen LogP contribution in [0.3, 0.4) is 0 Å². The van der Waals surface area contributed by atoms with Crippen molar-refractivity contribution in [3.8, 4) is 5.75 Å². The second-order valence-corrected chi connectivity index (χ2v) is 3.51. The molecule has 4 nitrogen and oxygen atoms in total. The lowest BCUT2D eigenvalue weighted by molar-refractivity contribution is -0.147. The molecule has 0 amide bonds. The second-order valence-electron chi connectivity index (χ2n) is 3.51. The lowest BCUT2D eigenvalue weighted by Crippen LogP contribution is -2.25. The van der Waals surface area contributed by atoms with Crippen LogP contribution in [-0.2, 0) is 16.0 Å². The predicted molar refractivity (Wildman–Crippen MR) is 62.3 cm³/mol. The van der Waals surface area contributed by atoms with Crippen molar-refractivity contribution >= 4 is 11.7 Å². The highest BCUT2D eigenvalue weighted by Gasteiger charge is 2.15. The number of rotatable bonds is 4. The molecule has 0 aromatic heterocycles. The van der Waals surface area contributed by atoms with Crippen molar-refractivity contribution in [1.82, 2.24) is 0 Å². The molecule has 16 heavy (non-hydrogen) atoms. The zero-order chi connectivity index (χ0) is 12.1. The largest absolute Gasteiger partial charge is 0.477 e. The third kappa shape index (κ3) is 2.89. The van der Waals surface area contributed by atoms with Crippen LogP contribution in [0.4, 0.5) is 5.69 Å². The van der Waals surface area contributed by atoms with Crippen LogP contribution in [0.5, 0.6) is 5.75 Å². The molecule has 0 saturated carbocycles. The standard InChI is InChI=1S/C12H17NO3/c1-4-9-5-6-11(10(13)7-9)16-8(2)12(14)15-3/h5-8H,4,13H2,1-3H3. The Balaban J connectivity index is 2.78. The van der Waals surface area contributed by atoms with Gasteiger partial charge >= 0.3 is 5.97 Å². The molecular weight excluding hydrogens is 206 g/mol. The van der Waals surface area contributed by atoms with Crippen molar-refractivity contribution in [3.63, 3.8) is 0 Å². The fourth-order valence-corrected chi connectivity index (χ4v) is 1.33. The minimum Gasteiger partial charge on any atom is -0.477 e. The molecule has 2 N–H and O–H groups in total. The van der Waals surface area contributed by atoms with Crippen LogP contribution in [0.25, 0.3) is 0 Å². The number of esters is 1. The summed E-state index contributed by atoms with van der Waals surface area (Å²) in [7, 11) is 1.33. The maximum absolute atomic E-state index is 11.2. The number of anilines is 1. The highest BCUT2D eigenvalue weighted by molar-refractivity contribution is 5.74. The number of ether oxygens (including phenoxy) is 2. The van der Waals surface area contributed by atoms with E-state index in [9.17, 15) is 4.79 Å². The van der Waals surface area contributed by atoms with Gasteiger partial charge in [-0.1, -0.05) is 13.0 Å². The van der Waals surface area contributed by atoms with E-state index in [-0.39, 0.29) is 0 Å². The molecular formula is C12H17NO3. The number of nitrogen functional groups attached to an aromatic ring is 1. The number of carbonyl (C=O) groups excluding carboxylic acids is 1. The van der Waals surface area contributed by atoms with Gasteiger partial charge in [-0.2, -0.15) is 0 Å². The van der Waals surface area contributed by atoms with Crippen molar-refractivity contribution in [2.24, 2.45) is 0 Å². The third-order valence-electron chi connectivity index (χ3n) is 2.32. The number of nitrogens with two attached hydrogens (primary N) is 1. The maximum atomic E-state index is 11.2. The molecule has 1 aromatic carbocycles. The fourth-order valence-electron chi connectivity index (χ4n) is 1.33. The number of methoxy groups -OCH3 is 1. The Kier molecular flexibility index (Phi) is 4.17. The molecule has 1 rings (SSSR count). The molecule has 1 aromatic rings. The Labute approximate surface area is 95.3 Å². The van der Waals surface area contributed by atoms with Crippen molar-refractivity contribution in [2.75, 3.05) is 12.8 Å². The fraction of sp³-hybridized carbons (Fsp3) is 0.417. The van der Waals surface area contributed by atoms with Crippen LogP contribution >= 0.6 is 0 Å². The normalized spacial score (nSPS) is 11.9. The van der Waals surface area contributed by atoms with Gasteiger partial charge in [0.25, 0.3) is 0 Å². The van der Waals surface area contributed by atoms with Gasteiger partial charge in [0, 0.05) is 0 Å². The Morgan fingerprint density at radius 2 is 2.19 bits per heavy atom. The smallest absolute Gasteiger partial charge is 0.346 e. The minimum absolute atomic E-state index is 0.418. The summed E-state index contributed by atoms with van der Waals surface area (Å²) in [6.45, 7) is 3.67. The molecule has 4 heteroatoms. The van der Waals surface area contributed by atoms with Gasteiger partial charge in [-0.15, -0.1) is 0 Å². The van der Waals surface area contributed by atoms with Crippen LogP contribution in [-0.4, -0.2) is 19.2 Å². The number of hydrogen-bond acceptors (Lipinski definition) is 4. The van der Waals surface area contributed by atoms with Gasteiger partial charge in [0.15, 0.2) is 6.10 Å². The molecule has 1 atom stereocenters. The lowest BCUT2D eigenvalue weighted by atomic mass is 10.1. The Morgan fingerprint density at radius 1 is 1.50 bits per heavy atom. The van der Waals surface area contributed by atoms with Gasteiger partial charge in [0.05, 0.1) is 12.8 Å². The summed E-state index contributed by atoms with van der Waals surface area (Å²) in [5, 5.41) is 0. The molecule has 0 aliphatic rings. The van der Waals surface area contributed by atoms with Crippen LogP contribution in [0.2, 0.25) is 0 Å². The van der Waals surface area contributed by atoms with Crippen LogP contribution in [0, 0.1) is 0 Å². The SMILES string of the molecule is CCc1ccc(OC(C)C(=O)OC)c(N)c1. The molecule has 0 saturated heterocycles. The molecule has 0 fully saturated rings. The summed E-state index contributed by atoms with van der Waals surface area (Å²) < 4.78 is 9.96. The summed E-state index contributed by atoms with van der Waals surface area (Å²) in [4.78, 5) is 11.2.